The fourth-order valence-corrected chi connectivity index (χ4v) is 2.65. The third kappa shape index (κ3) is 4.30. The van der Waals surface area contributed by atoms with Gasteiger partial charge >= 0.3 is 6.03 Å². The summed E-state index contributed by atoms with van der Waals surface area (Å²) in [6.45, 7) is 1.54. The number of rotatable bonds is 6. The number of fused-ring (bicyclic) bond motifs is 1. The fraction of sp³-hybridized carbons (Fsp3) is 0.316. The van der Waals surface area contributed by atoms with E-state index in [1.807, 2.05) is 18.2 Å². The zero-order valence-electron chi connectivity index (χ0n) is 14.8. The van der Waals surface area contributed by atoms with E-state index in [1.165, 1.54) is 0 Å². The molecule has 26 heavy (non-hydrogen) atoms. The summed E-state index contributed by atoms with van der Waals surface area (Å²) in [6.07, 6.45) is 0.676. The van der Waals surface area contributed by atoms with Crippen molar-refractivity contribution in [2.75, 3.05) is 39.3 Å². The first-order chi connectivity index (χ1) is 12.7. The third-order valence-corrected chi connectivity index (χ3v) is 3.95. The Morgan fingerprint density at radius 3 is 2.54 bits per heavy atom. The number of urea groups is 1. The Balaban J connectivity index is 1.50. The molecule has 7 nitrogen and oxygen atoms in total. The number of nitrogens with one attached hydrogen (secondary N) is 2. The van der Waals surface area contributed by atoms with Crippen LogP contribution in [-0.4, -0.2) is 40.0 Å². The molecule has 0 radical (unpaired) electrons. The van der Waals surface area contributed by atoms with Crippen LogP contribution in [-0.2, 0) is 6.42 Å². The molecule has 0 fully saturated rings. The fourth-order valence-electron chi connectivity index (χ4n) is 2.65. The minimum absolute atomic E-state index is 0.276. The summed E-state index contributed by atoms with van der Waals surface area (Å²) in [4.78, 5) is 12.1. The second-order valence-corrected chi connectivity index (χ2v) is 5.68. The SMILES string of the molecule is COc1ccc(CCNC(=O)Nc2ccc3c(c2)OCCO3)cc1OC. The van der Waals surface area contributed by atoms with E-state index in [4.69, 9.17) is 18.9 Å². The summed E-state index contributed by atoms with van der Waals surface area (Å²) < 4.78 is 21.5. The van der Waals surface area contributed by atoms with Crippen molar-refractivity contribution in [1.29, 1.82) is 0 Å². The number of anilines is 1. The van der Waals surface area contributed by atoms with Crippen LogP contribution in [0.5, 0.6) is 23.0 Å². The van der Waals surface area contributed by atoms with Crippen LogP contribution >= 0.6 is 0 Å². The van der Waals surface area contributed by atoms with Crippen molar-refractivity contribution in [3.63, 3.8) is 0 Å². The second-order valence-electron chi connectivity index (χ2n) is 5.68. The summed E-state index contributed by atoms with van der Waals surface area (Å²) in [5, 5.41) is 5.62. The number of ether oxygens (including phenoxy) is 4. The van der Waals surface area contributed by atoms with E-state index in [0.29, 0.717) is 54.9 Å². The highest BCUT2D eigenvalue weighted by atomic mass is 16.6. The Labute approximate surface area is 152 Å². The number of amides is 2. The Hall–Kier alpha value is -3.09. The molecule has 0 bridgehead atoms. The van der Waals surface area contributed by atoms with Gasteiger partial charge in [-0.1, -0.05) is 6.07 Å². The average Bonchev–Trinajstić information content (AvgIpc) is 2.67. The molecule has 0 atom stereocenters. The number of benzene rings is 2. The number of carbonyl (C=O) groups is 1. The molecule has 1 heterocycles. The molecule has 1 aliphatic heterocycles. The van der Waals surface area contributed by atoms with Crippen LogP contribution in [0.2, 0.25) is 0 Å². The highest BCUT2D eigenvalue weighted by molar-refractivity contribution is 5.89. The zero-order valence-corrected chi connectivity index (χ0v) is 14.8. The number of hydrogen-bond acceptors (Lipinski definition) is 5. The van der Waals surface area contributed by atoms with Crippen molar-refractivity contribution < 1.29 is 23.7 Å². The molecule has 7 heteroatoms. The predicted octanol–water partition coefficient (Wildman–Crippen LogP) is 2.84. The number of carbonyl (C=O) groups excluding carboxylic acids is 1. The summed E-state index contributed by atoms with van der Waals surface area (Å²) in [6, 6.07) is 10.7. The van der Waals surface area contributed by atoms with Crippen LogP contribution < -0.4 is 29.6 Å². The molecule has 2 amide bonds. The van der Waals surface area contributed by atoms with E-state index in [2.05, 4.69) is 10.6 Å². The van der Waals surface area contributed by atoms with E-state index in [9.17, 15) is 4.79 Å². The molecule has 1 aliphatic rings. The van der Waals surface area contributed by atoms with Gasteiger partial charge in [0.15, 0.2) is 23.0 Å². The van der Waals surface area contributed by atoms with Crippen molar-refractivity contribution in [2.24, 2.45) is 0 Å². The lowest BCUT2D eigenvalue weighted by atomic mass is 10.1. The molecule has 0 saturated carbocycles. The topological polar surface area (TPSA) is 78.1 Å². The van der Waals surface area contributed by atoms with Crippen molar-refractivity contribution >= 4 is 11.7 Å². The van der Waals surface area contributed by atoms with Crippen LogP contribution in [0.15, 0.2) is 36.4 Å². The summed E-state index contributed by atoms with van der Waals surface area (Å²) in [5.74, 6) is 2.68. The normalized spacial score (nSPS) is 12.2. The van der Waals surface area contributed by atoms with Crippen molar-refractivity contribution in [3.8, 4) is 23.0 Å². The van der Waals surface area contributed by atoms with Gasteiger partial charge in [0.25, 0.3) is 0 Å². The summed E-state index contributed by atoms with van der Waals surface area (Å²) in [7, 11) is 3.20. The van der Waals surface area contributed by atoms with E-state index in [-0.39, 0.29) is 6.03 Å². The van der Waals surface area contributed by atoms with E-state index in [1.54, 1.807) is 32.4 Å². The number of methoxy groups -OCH3 is 2. The molecule has 0 aliphatic carbocycles. The maximum absolute atomic E-state index is 12.1. The lowest BCUT2D eigenvalue weighted by molar-refractivity contribution is 0.171. The van der Waals surface area contributed by atoms with Gasteiger partial charge in [0, 0.05) is 18.3 Å². The van der Waals surface area contributed by atoms with E-state index < -0.39 is 0 Å². The molecule has 0 saturated heterocycles. The van der Waals surface area contributed by atoms with Gasteiger partial charge in [-0.3, -0.25) is 0 Å². The molecular weight excluding hydrogens is 336 g/mol. The highest BCUT2D eigenvalue weighted by Crippen LogP contribution is 2.32. The molecule has 2 aromatic carbocycles. The monoisotopic (exact) mass is 358 g/mol. The maximum Gasteiger partial charge on any atom is 0.319 e. The standard InChI is InChI=1S/C19H22N2O5/c1-23-15-5-3-13(11-17(15)24-2)7-8-20-19(22)21-14-4-6-16-18(12-14)26-10-9-25-16/h3-6,11-12H,7-10H2,1-2H3,(H2,20,21,22). The Kier molecular flexibility index (Phi) is 5.68. The molecular formula is C19H22N2O5. The Morgan fingerprint density at radius 2 is 1.77 bits per heavy atom. The van der Waals surface area contributed by atoms with E-state index >= 15 is 0 Å². The minimum atomic E-state index is -0.276. The van der Waals surface area contributed by atoms with Gasteiger partial charge in [0.2, 0.25) is 0 Å². The van der Waals surface area contributed by atoms with Gasteiger partial charge in [-0.05, 0) is 36.2 Å². The predicted molar refractivity (Wildman–Crippen MR) is 97.7 cm³/mol. The van der Waals surface area contributed by atoms with Gasteiger partial charge < -0.3 is 29.6 Å². The van der Waals surface area contributed by atoms with Gasteiger partial charge in [0.1, 0.15) is 13.2 Å². The van der Waals surface area contributed by atoms with Crippen LogP contribution in [0.4, 0.5) is 10.5 Å². The lowest BCUT2D eigenvalue weighted by Gasteiger charge is -2.19. The maximum atomic E-state index is 12.1. The van der Waals surface area contributed by atoms with Crippen molar-refractivity contribution in [1.82, 2.24) is 5.32 Å². The molecule has 0 aromatic heterocycles. The quantitative estimate of drug-likeness (QED) is 0.830. The van der Waals surface area contributed by atoms with Gasteiger partial charge in [0.05, 0.1) is 14.2 Å². The molecule has 0 spiro atoms. The minimum Gasteiger partial charge on any atom is -0.493 e. The first-order valence-electron chi connectivity index (χ1n) is 8.35. The van der Waals surface area contributed by atoms with Gasteiger partial charge in [-0.25, -0.2) is 4.79 Å². The van der Waals surface area contributed by atoms with Gasteiger partial charge in [-0.15, -0.1) is 0 Å². The van der Waals surface area contributed by atoms with Gasteiger partial charge in [-0.2, -0.15) is 0 Å². The molecule has 138 valence electrons. The smallest absolute Gasteiger partial charge is 0.319 e. The van der Waals surface area contributed by atoms with Crippen LogP contribution in [0.3, 0.4) is 0 Å². The summed E-state index contributed by atoms with van der Waals surface area (Å²) >= 11 is 0. The second kappa shape index (κ2) is 8.33. The van der Waals surface area contributed by atoms with E-state index in [0.717, 1.165) is 5.56 Å². The third-order valence-electron chi connectivity index (χ3n) is 3.95. The Bertz CT molecular complexity index is 779. The van der Waals surface area contributed by atoms with Crippen molar-refractivity contribution in [2.45, 2.75) is 6.42 Å². The first kappa shape index (κ1) is 17.7. The highest BCUT2D eigenvalue weighted by Gasteiger charge is 2.12. The molecule has 2 aromatic rings. The van der Waals surface area contributed by atoms with Crippen LogP contribution in [0.1, 0.15) is 5.56 Å². The van der Waals surface area contributed by atoms with Crippen molar-refractivity contribution in [3.05, 3.63) is 42.0 Å². The lowest BCUT2D eigenvalue weighted by Crippen LogP contribution is -2.30. The summed E-state index contributed by atoms with van der Waals surface area (Å²) in [5.41, 5.74) is 1.69. The molecule has 0 unspecified atom stereocenters. The number of hydrogen-bond donors (Lipinski definition) is 2. The average molecular weight is 358 g/mol. The molecule has 2 N–H and O–H groups in total. The first-order valence-corrected chi connectivity index (χ1v) is 8.35. The van der Waals surface area contributed by atoms with Crippen LogP contribution in [0, 0.1) is 0 Å². The Morgan fingerprint density at radius 1 is 1.00 bits per heavy atom. The molecule has 3 rings (SSSR count). The largest absolute Gasteiger partial charge is 0.493 e. The van der Waals surface area contributed by atoms with Crippen LogP contribution in [0.25, 0.3) is 0 Å². The zero-order chi connectivity index (χ0) is 18.4.